The lowest BCUT2D eigenvalue weighted by Gasteiger charge is -2.38. The molecule has 1 aromatic heterocycles. The Balaban J connectivity index is 1.58. The van der Waals surface area contributed by atoms with Crippen LogP contribution in [0.4, 0.5) is 0 Å². The Labute approximate surface area is 133 Å². The molecule has 0 saturated carbocycles. The van der Waals surface area contributed by atoms with Gasteiger partial charge in [0.05, 0.1) is 18.7 Å². The summed E-state index contributed by atoms with van der Waals surface area (Å²) in [5.74, 6) is 1.27. The van der Waals surface area contributed by atoms with Gasteiger partial charge in [-0.15, -0.1) is 0 Å². The Morgan fingerprint density at radius 1 is 1.43 bits per heavy atom. The molecule has 0 radical (unpaired) electrons. The fourth-order valence-corrected chi connectivity index (χ4v) is 4.22. The average Bonchev–Trinajstić information content (AvgIpc) is 3.02. The van der Waals surface area contributed by atoms with Crippen LogP contribution in [-0.2, 0) is 0 Å². The Morgan fingerprint density at radius 2 is 2.35 bits per heavy atom. The topological polar surface area (TPSA) is 61.5 Å². The highest BCUT2D eigenvalue weighted by Crippen LogP contribution is 2.43. The van der Waals surface area contributed by atoms with Crippen LogP contribution in [0, 0.1) is 5.92 Å². The molecule has 2 atom stereocenters. The van der Waals surface area contributed by atoms with E-state index in [1.807, 2.05) is 23.1 Å². The Kier molecular flexibility index (Phi) is 2.54. The predicted octanol–water partition coefficient (Wildman–Crippen LogP) is 1.96. The van der Waals surface area contributed by atoms with Gasteiger partial charge < -0.3 is 14.5 Å². The molecule has 1 saturated heterocycles. The fourth-order valence-electron chi connectivity index (χ4n) is 4.22. The first-order valence-electron chi connectivity index (χ1n) is 8.06. The van der Waals surface area contributed by atoms with Gasteiger partial charge in [0, 0.05) is 36.3 Å². The number of amides is 1. The minimum Gasteiger partial charge on any atom is -0.497 e. The zero-order valence-electron chi connectivity index (χ0n) is 13.0. The van der Waals surface area contributed by atoms with Crippen molar-refractivity contribution in [2.45, 2.75) is 18.9 Å². The van der Waals surface area contributed by atoms with Crippen molar-refractivity contribution in [3.63, 3.8) is 0 Å². The number of carbonyl (C=O) groups excluding carboxylic acids is 1. The van der Waals surface area contributed by atoms with E-state index in [0.29, 0.717) is 11.6 Å². The highest BCUT2D eigenvalue weighted by Gasteiger charge is 2.46. The van der Waals surface area contributed by atoms with Crippen molar-refractivity contribution in [2.24, 2.45) is 5.92 Å². The molecule has 1 amide bonds. The minimum atomic E-state index is 0.00445. The van der Waals surface area contributed by atoms with Crippen LogP contribution in [0.25, 0.3) is 10.9 Å². The number of aromatic nitrogens is 2. The van der Waals surface area contributed by atoms with Gasteiger partial charge in [-0.1, -0.05) is 0 Å². The van der Waals surface area contributed by atoms with Gasteiger partial charge in [0.15, 0.2) is 5.69 Å². The lowest BCUT2D eigenvalue weighted by molar-refractivity contribution is 0.0716. The molecule has 23 heavy (non-hydrogen) atoms. The SMILES string of the molecule is COc1ccc2[nH]nc(C(=O)N3C4=CN5CCC4CC3C5)c2c1. The second-order valence-electron chi connectivity index (χ2n) is 6.58. The van der Waals surface area contributed by atoms with Gasteiger partial charge in [-0.05, 0) is 31.0 Å². The number of hydrogen-bond acceptors (Lipinski definition) is 4. The van der Waals surface area contributed by atoms with E-state index >= 15 is 0 Å². The van der Waals surface area contributed by atoms with E-state index in [9.17, 15) is 4.79 Å². The number of carbonyl (C=O) groups is 1. The number of H-pyrrole nitrogens is 1. The zero-order chi connectivity index (χ0) is 15.6. The Morgan fingerprint density at radius 3 is 3.22 bits per heavy atom. The molecule has 0 aliphatic carbocycles. The van der Waals surface area contributed by atoms with Gasteiger partial charge >= 0.3 is 0 Å². The molecule has 0 spiro atoms. The van der Waals surface area contributed by atoms with Crippen LogP contribution in [-0.4, -0.2) is 52.1 Å². The summed E-state index contributed by atoms with van der Waals surface area (Å²) in [6.45, 7) is 2.06. The first-order chi connectivity index (χ1) is 11.2. The third-order valence-electron chi connectivity index (χ3n) is 5.33. The van der Waals surface area contributed by atoms with Crippen molar-refractivity contribution in [1.82, 2.24) is 20.0 Å². The van der Waals surface area contributed by atoms with Crippen LogP contribution in [0.2, 0.25) is 0 Å². The average molecular weight is 310 g/mol. The van der Waals surface area contributed by atoms with Crippen molar-refractivity contribution in [3.8, 4) is 5.75 Å². The number of aromatic amines is 1. The number of methoxy groups -OCH3 is 1. The van der Waals surface area contributed by atoms with Gasteiger partial charge in [0.25, 0.3) is 5.91 Å². The molecular formula is C17H18N4O2. The summed E-state index contributed by atoms with van der Waals surface area (Å²) >= 11 is 0. The van der Waals surface area contributed by atoms with Crippen molar-refractivity contribution >= 4 is 16.8 Å². The summed E-state index contributed by atoms with van der Waals surface area (Å²) in [4.78, 5) is 17.5. The third kappa shape index (κ3) is 1.75. The number of fused-ring (bicyclic) bond motifs is 3. The van der Waals surface area contributed by atoms with Crippen LogP contribution in [0.3, 0.4) is 0 Å². The van der Waals surface area contributed by atoms with E-state index in [1.54, 1.807) is 7.11 Å². The van der Waals surface area contributed by atoms with Crippen LogP contribution in [0.5, 0.6) is 5.75 Å². The molecule has 2 unspecified atom stereocenters. The van der Waals surface area contributed by atoms with E-state index in [2.05, 4.69) is 21.3 Å². The van der Waals surface area contributed by atoms with Crippen LogP contribution in [0.1, 0.15) is 23.3 Å². The summed E-state index contributed by atoms with van der Waals surface area (Å²) in [7, 11) is 1.63. The van der Waals surface area contributed by atoms with Gasteiger partial charge in [0.2, 0.25) is 0 Å². The van der Waals surface area contributed by atoms with E-state index in [-0.39, 0.29) is 11.9 Å². The number of rotatable bonds is 2. The van der Waals surface area contributed by atoms with E-state index in [4.69, 9.17) is 4.74 Å². The quantitative estimate of drug-likeness (QED) is 0.921. The highest BCUT2D eigenvalue weighted by atomic mass is 16.5. The van der Waals surface area contributed by atoms with Crippen molar-refractivity contribution in [2.75, 3.05) is 20.2 Å². The summed E-state index contributed by atoms with van der Waals surface area (Å²) in [6.07, 6.45) is 4.41. The van der Waals surface area contributed by atoms with Gasteiger partial charge in [-0.3, -0.25) is 9.89 Å². The lowest BCUT2D eigenvalue weighted by atomic mass is 9.99. The smallest absolute Gasteiger partial charge is 0.279 e. The van der Waals surface area contributed by atoms with Crippen LogP contribution in [0.15, 0.2) is 30.1 Å². The highest BCUT2D eigenvalue weighted by molar-refractivity contribution is 6.06. The van der Waals surface area contributed by atoms with Crippen molar-refractivity contribution in [1.29, 1.82) is 0 Å². The molecule has 1 aromatic carbocycles. The van der Waals surface area contributed by atoms with Crippen molar-refractivity contribution in [3.05, 3.63) is 35.8 Å². The molecule has 6 heteroatoms. The summed E-state index contributed by atoms with van der Waals surface area (Å²) in [5.41, 5.74) is 2.53. The maximum absolute atomic E-state index is 13.2. The molecule has 3 aliphatic heterocycles. The number of benzene rings is 1. The minimum absolute atomic E-state index is 0.00445. The Bertz CT molecular complexity index is 838. The second-order valence-corrected chi connectivity index (χ2v) is 6.58. The molecule has 3 bridgehead atoms. The van der Waals surface area contributed by atoms with Crippen LogP contribution >= 0.6 is 0 Å². The van der Waals surface area contributed by atoms with E-state index in [0.717, 1.165) is 42.6 Å². The number of nitrogens with zero attached hydrogens (tertiary/aromatic N) is 3. The molecule has 3 aliphatic rings. The molecule has 2 aromatic rings. The predicted molar refractivity (Wildman–Crippen MR) is 85.0 cm³/mol. The molecule has 118 valence electrons. The fraction of sp³-hybridized carbons (Fsp3) is 0.412. The van der Waals surface area contributed by atoms with Crippen molar-refractivity contribution < 1.29 is 9.53 Å². The zero-order valence-corrected chi connectivity index (χ0v) is 13.0. The summed E-state index contributed by atoms with van der Waals surface area (Å²) in [5, 5.41) is 8.08. The largest absolute Gasteiger partial charge is 0.497 e. The number of ether oxygens (including phenoxy) is 1. The molecule has 5 rings (SSSR count). The number of nitrogens with one attached hydrogen (secondary N) is 1. The second kappa shape index (κ2) is 4.50. The van der Waals surface area contributed by atoms with Crippen LogP contribution < -0.4 is 4.74 Å². The monoisotopic (exact) mass is 310 g/mol. The van der Waals surface area contributed by atoms with E-state index in [1.165, 1.54) is 5.70 Å². The Hall–Kier alpha value is -2.50. The number of allylic oxidation sites excluding steroid dienone is 1. The molecular weight excluding hydrogens is 292 g/mol. The first-order valence-corrected chi connectivity index (χ1v) is 8.06. The normalized spacial score (nSPS) is 25.2. The third-order valence-corrected chi connectivity index (χ3v) is 5.33. The maximum atomic E-state index is 13.2. The van der Waals surface area contributed by atoms with Gasteiger partial charge in [-0.2, -0.15) is 5.10 Å². The van der Waals surface area contributed by atoms with Gasteiger partial charge in [-0.25, -0.2) is 0 Å². The standard InChI is InChI=1S/C17H18N4O2/c1-23-12-2-3-14-13(7-12)16(19-18-14)17(22)21-11-6-10-4-5-20(8-11)9-15(10)21/h2-3,7,9-11H,4-6,8H2,1H3,(H,18,19). The molecule has 1 fully saturated rings. The molecule has 4 heterocycles. The maximum Gasteiger partial charge on any atom is 0.279 e. The molecule has 6 nitrogen and oxygen atoms in total. The first kappa shape index (κ1) is 13.0. The lowest BCUT2D eigenvalue weighted by Crippen LogP contribution is -2.46. The molecule has 1 N–H and O–H groups in total. The summed E-state index contributed by atoms with van der Waals surface area (Å²) < 4.78 is 5.28. The van der Waals surface area contributed by atoms with E-state index < -0.39 is 0 Å². The van der Waals surface area contributed by atoms with Gasteiger partial charge in [0.1, 0.15) is 5.75 Å². The number of hydrogen-bond donors (Lipinski definition) is 1. The summed E-state index contributed by atoms with van der Waals surface area (Å²) in [6, 6.07) is 5.93.